The first kappa shape index (κ1) is 17.6. The van der Waals surface area contributed by atoms with Crippen LogP contribution in [0.3, 0.4) is 0 Å². The van der Waals surface area contributed by atoms with Crippen molar-refractivity contribution in [2.45, 2.75) is 19.5 Å². The molecular formula is C15H20N2O5S. The molecule has 1 aromatic rings. The van der Waals surface area contributed by atoms with Gasteiger partial charge in [0.05, 0.1) is 25.2 Å². The van der Waals surface area contributed by atoms with Crippen LogP contribution in [-0.4, -0.2) is 47.8 Å². The SMILES string of the molecule is C[C@H]1COc2cc(C(=O)NO)ccc2CN1C(=O)C1COC1.S. The van der Waals surface area contributed by atoms with Gasteiger partial charge in [-0.2, -0.15) is 13.5 Å². The van der Waals surface area contributed by atoms with Crippen molar-refractivity contribution in [1.82, 2.24) is 10.4 Å². The number of ether oxygens (including phenoxy) is 2. The molecule has 23 heavy (non-hydrogen) atoms. The number of carbonyl (C=O) groups is 2. The topological polar surface area (TPSA) is 88.1 Å². The molecule has 2 aliphatic rings. The summed E-state index contributed by atoms with van der Waals surface area (Å²) in [5.74, 6) is -0.0211. The molecule has 1 atom stereocenters. The Bertz CT molecular complexity index is 606. The maximum absolute atomic E-state index is 12.5. The lowest BCUT2D eigenvalue weighted by atomic mass is 10.0. The third-order valence-corrected chi connectivity index (χ3v) is 4.05. The van der Waals surface area contributed by atoms with Crippen molar-refractivity contribution in [2.24, 2.45) is 5.92 Å². The van der Waals surface area contributed by atoms with Gasteiger partial charge in [-0.3, -0.25) is 14.8 Å². The fraction of sp³-hybridized carbons (Fsp3) is 0.467. The number of benzene rings is 1. The normalized spacial score (nSPS) is 20.3. The average molecular weight is 340 g/mol. The summed E-state index contributed by atoms with van der Waals surface area (Å²) >= 11 is 0. The van der Waals surface area contributed by atoms with Gasteiger partial charge in [-0.15, -0.1) is 0 Å². The molecule has 7 nitrogen and oxygen atoms in total. The molecule has 2 N–H and O–H groups in total. The van der Waals surface area contributed by atoms with E-state index in [1.165, 1.54) is 0 Å². The number of hydrogen-bond donors (Lipinski definition) is 2. The molecule has 3 rings (SSSR count). The van der Waals surface area contributed by atoms with E-state index in [9.17, 15) is 9.59 Å². The van der Waals surface area contributed by atoms with Crippen LogP contribution in [0.2, 0.25) is 0 Å². The Morgan fingerprint density at radius 1 is 1.30 bits per heavy atom. The zero-order chi connectivity index (χ0) is 15.7. The van der Waals surface area contributed by atoms with Gasteiger partial charge in [0.2, 0.25) is 5.91 Å². The lowest BCUT2D eigenvalue weighted by Gasteiger charge is -2.33. The monoisotopic (exact) mass is 340 g/mol. The van der Waals surface area contributed by atoms with E-state index < -0.39 is 5.91 Å². The molecule has 2 amide bonds. The number of amides is 2. The molecule has 126 valence electrons. The molecule has 0 unspecified atom stereocenters. The largest absolute Gasteiger partial charge is 0.491 e. The molecule has 0 aliphatic carbocycles. The van der Waals surface area contributed by atoms with Crippen LogP contribution in [0.15, 0.2) is 18.2 Å². The highest BCUT2D eigenvalue weighted by atomic mass is 32.1. The molecule has 0 saturated carbocycles. The molecule has 8 heteroatoms. The highest BCUT2D eigenvalue weighted by molar-refractivity contribution is 7.59. The van der Waals surface area contributed by atoms with Gasteiger partial charge in [0.25, 0.3) is 5.91 Å². The van der Waals surface area contributed by atoms with Crippen LogP contribution in [0.4, 0.5) is 0 Å². The third-order valence-electron chi connectivity index (χ3n) is 4.05. The number of rotatable bonds is 2. The van der Waals surface area contributed by atoms with E-state index >= 15 is 0 Å². The minimum absolute atomic E-state index is 0. The second-order valence-corrected chi connectivity index (χ2v) is 5.62. The Kier molecular flexibility index (Phi) is 5.51. The van der Waals surface area contributed by atoms with Gasteiger partial charge in [0.1, 0.15) is 12.4 Å². The molecule has 1 fully saturated rings. The first-order valence-corrected chi connectivity index (χ1v) is 7.18. The number of hydroxylamine groups is 1. The fourth-order valence-corrected chi connectivity index (χ4v) is 2.57. The lowest BCUT2D eigenvalue weighted by molar-refractivity contribution is -0.153. The Morgan fingerprint density at radius 3 is 2.65 bits per heavy atom. The maximum Gasteiger partial charge on any atom is 0.274 e. The van der Waals surface area contributed by atoms with Crippen LogP contribution in [0.5, 0.6) is 5.75 Å². The van der Waals surface area contributed by atoms with Gasteiger partial charge in [-0.25, -0.2) is 5.48 Å². The quantitative estimate of drug-likeness (QED) is 0.610. The molecular weight excluding hydrogens is 320 g/mol. The molecule has 0 spiro atoms. The lowest BCUT2D eigenvalue weighted by Crippen LogP contribution is -2.48. The smallest absolute Gasteiger partial charge is 0.274 e. The molecule has 0 bridgehead atoms. The van der Waals surface area contributed by atoms with E-state index in [-0.39, 0.29) is 31.4 Å². The molecule has 0 aromatic heterocycles. The summed E-state index contributed by atoms with van der Waals surface area (Å²) in [7, 11) is 0. The summed E-state index contributed by atoms with van der Waals surface area (Å²) in [5.41, 5.74) is 2.74. The average Bonchev–Trinajstić information content (AvgIpc) is 2.63. The zero-order valence-corrected chi connectivity index (χ0v) is 13.7. The Morgan fingerprint density at radius 2 is 2.04 bits per heavy atom. The van der Waals surface area contributed by atoms with Gasteiger partial charge in [0.15, 0.2) is 0 Å². The molecule has 2 aliphatic heterocycles. The number of nitrogens with zero attached hydrogens (tertiary/aromatic N) is 1. The van der Waals surface area contributed by atoms with Crippen molar-refractivity contribution < 1.29 is 24.3 Å². The highest BCUT2D eigenvalue weighted by Gasteiger charge is 2.34. The van der Waals surface area contributed by atoms with Gasteiger partial charge < -0.3 is 14.4 Å². The van der Waals surface area contributed by atoms with E-state index in [0.29, 0.717) is 37.7 Å². The third kappa shape index (κ3) is 3.44. The summed E-state index contributed by atoms with van der Waals surface area (Å²) in [4.78, 5) is 25.7. The Labute approximate surface area is 141 Å². The van der Waals surface area contributed by atoms with Crippen LogP contribution >= 0.6 is 13.5 Å². The van der Waals surface area contributed by atoms with Crippen molar-refractivity contribution in [3.63, 3.8) is 0 Å². The summed E-state index contributed by atoms with van der Waals surface area (Å²) in [5, 5.41) is 8.69. The summed E-state index contributed by atoms with van der Waals surface area (Å²) < 4.78 is 10.8. The second-order valence-electron chi connectivity index (χ2n) is 5.62. The summed E-state index contributed by atoms with van der Waals surface area (Å²) in [6, 6.07) is 4.86. The molecule has 1 saturated heterocycles. The number of fused-ring (bicyclic) bond motifs is 1. The number of carbonyl (C=O) groups excluding carboxylic acids is 2. The van der Waals surface area contributed by atoms with E-state index in [4.69, 9.17) is 14.7 Å². The number of nitrogens with one attached hydrogen (secondary N) is 1. The predicted molar refractivity (Wildman–Crippen MR) is 85.9 cm³/mol. The van der Waals surface area contributed by atoms with Gasteiger partial charge in [0, 0.05) is 17.7 Å². The van der Waals surface area contributed by atoms with Gasteiger partial charge in [-0.1, -0.05) is 6.07 Å². The zero-order valence-electron chi connectivity index (χ0n) is 12.7. The highest BCUT2D eigenvalue weighted by Crippen LogP contribution is 2.28. The number of hydrogen-bond acceptors (Lipinski definition) is 5. The first-order chi connectivity index (χ1) is 10.6. The van der Waals surface area contributed by atoms with E-state index in [1.807, 2.05) is 6.92 Å². The Hall–Kier alpha value is -1.77. The fourth-order valence-electron chi connectivity index (χ4n) is 2.57. The van der Waals surface area contributed by atoms with Crippen LogP contribution in [0, 0.1) is 5.92 Å². The van der Waals surface area contributed by atoms with Crippen molar-refractivity contribution in [3.8, 4) is 5.75 Å². The molecule has 2 heterocycles. The maximum atomic E-state index is 12.5. The van der Waals surface area contributed by atoms with Crippen LogP contribution in [-0.2, 0) is 16.1 Å². The van der Waals surface area contributed by atoms with Gasteiger partial charge >= 0.3 is 0 Å². The predicted octanol–water partition coefficient (Wildman–Crippen LogP) is 0.674. The van der Waals surface area contributed by atoms with Crippen molar-refractivity contribution >= 4 is 25.3 Å². The molecule has 0 radical (unpaired) electrons. The van der Waals surface area contributed by atoms with E-state index in [1.54, 1.807) is 28.6 Å². The van der Waals surface area contributed by atoms with Crippen molar-refractivity contribution in [3.05, 3.63) is 29.3 Å². The van der Waals surface area contributed by atoms with Crippen LogP contribution < -0.4 is 10.2 Å². The standard InChI is InChI=1S/C15H18N2O5.H2S/c1-9-6-22-13-4-10(14(18)16-20)2-3-11(13)5-17(9)15(19)12-7-21-8-12;/h2-4,9,12,20H,5-8H2,1H3,(H,16,18);1H2/t9-;/m0./s1. The minimum atomic E-state index is -0.594. The summed E-state index contributed by atoms with van der Waals surface area (Å²) in [6.45, 7) is 3.69. The van der Waals surface area contributed by atoms with Gasteiger partial charge in [-0.05, 0) is 19.1 Å². The Balaban J connectivity index is 0.00000192. The van der Waals surface area contributed by atoms with Crippen LogP contribution in [0.25, 0.3) is 0 Å². The van der Waals surface area contributed by atoms with Crippen molar-refractivity contribution in [2.75, 3.05) is 19.8 Å². The second kappa shape index (κ2) is 7.20. The summed E-state index contributed by atoms with van der Waals surface area (Å²) in [6.07, 6.45) is 0. The van der Waals surface area contributed by atoms with Crippen molar-refractivity contribution in [1.29, 1.82) is 0 Å². The van der Waals surface area contributed by atoms with E-state index in [2.05, 4.69) is 0 Å². The van der Waals surface area contributed by atoms with Crippen LogP contribution in [0.1, 0.15) is 22.8 Å². The molecule has 1 aromatic carbocycles. The first-order valence-electron chi connectivity index (χ1n) is 7.18. The van der Waals surface area contributed by atoms with E-state index in [0.717, 1.165) is 5.56 Å². The minimum Gasteiger partial charge on any atom is -0.491 e.